The maximum atomic E-state index is 4.21. The first kappa shape index (κ1) is 40.2. The highest BCUT2D eigenvalue weighted by Crippen LogP contribution is 2.48. The van der Waals surface area contributed by atoms with Gasteiger partial charge in [-0.1, -0.05) is 180 Å². The molecule has 0 aliphatic rings. The minimum absolute atomic E-state index is 0.0819. The number of fused-ring (bicyclic) bond motifs is 2. The lowest BCUT2D eigenvalue weighted by Crippen LogP contribution is -2.10. The van der Waals surface area contributed by atoms with Crippen LogP contribution in [0.4, 0.5) is 0 Å². The Bertz CT molecular complexity index is 2200. The molecule has 7 aromatic rings. The van der Waals surface area contributed by atoms with E-state index in [-0.39, 0.29) is 21.7 Å². The molecule has 0 aliphatic heterocycles. The van der Waals surface area contributed by atoms with Crippen molar-refractivity contribution in [2.24, 2.45) is 0 Å². The number of benzene rings is 7. The van der Waals surface area contributed by atoms with Crippen molar-refractivity contribution in [1.29, 1.82) is 0 Å². The number of rotatable bonds is 4. The molecule has 0 aliphatic carbocycles. The van der Waals surface area contributed by atoms with E-state index in [1.165, 1.54) is 88.3 Å². The van der Waals surface area contributed by atoms with Crippen molar-refractivity contribution in [2.75, 3.05) is 0 Å². The molecule has 0 radical (unpaired) electrons. The van der Waals surface area contributed by atoms with E-state index in [1.807, 2.05) is 0 Å². The standard InChI is InChI=1S/C54H56Br2/c1-51(2,3)37-21-13-33(14-22-37)41-29-45-46(30-42(41)34-15-23-38(24-16-34)52(4,5)6)50(56)48-32-44(36-19-27-40(28-20-36)54(10,11)12)43(31-47(48)49(45)55)35-17-25-39(26-18-35)53(7,8)9/h13-32H,1-12H3. The second-order valence-electron chi connectivity index (χ2n) is 19.8. The molecule has 7 aromatic carbocycles. The van der Waals surface area contributed by atoms with Gasteiger partial charge in [0.2, 0.25) is 0 Å². The summed E-state index contributed by atoms with van der Waals surface area (Å²) in [5, 5.41) is 4.74. The van der Waals surface area contributed by atoms with Gasteiger partial charge in [-0.15, -0.1) is 0 Å². The molecule has 0 nitrogen and oxygen atoms in total. The first-order valence-corrected chi connectivity index (χ1v) is 21.6. The summed E-state index contributed by atoms with van der Waals surface area (Å²) < 4.78 is 2.21. The molecule has 0 amide bonds. The molecule has 0 bridgehead atoms. The third-order valence-electron chi connectivity index (χ3n) is 11.5. The second-order valence-corrected chi connectivity index (χ2v) is 21.4. The van der Waals surface area contributed by atoms with Crippen molar-refractivity contribution in [3.05, 3.63) is 153 Å². The molecule has 0 saturated carbocycles. The van der Waals surface area contributed by atoms with Crippen LogP contribution >= 0.6 is 31.9 Å². The minimum atomic E-state index is 0.0819. The van der Waals surface area contributed by atoms with Gasteiger partial charge in [-0.05, 0) is 166 Å². The fraction of sp³-hybridized carbons (Fsp3) is 0.296. The summed E-state index contributed by atoms with van der Waals surface area (Å²) in [6, 6.07) is 46.4. The third-order valence-corrected chi connectivity index (χ3v) is 13.2. The first-order valence-electron chi connectivity index (χ1n) is 20.0. The molecule has 0 unspecified atom stereocenters. The smallest absolute Gasteiger partial charge is 0.0333 e. The zero-order valence-electron chi connectivity index (χ0n) is 35.3. The van der Waals surface area contributed by atoms with Crippen LogP contribution in [0.3, 0.4) is 0 Å². The molecule has 2 heteroatoms. The molecular weight excluding hydrogens is 808 g/mol. The highest BCUT2D eigenvalue weighted by molar-refractivity contribution is 9.11. The molecule has 0 N–H and O–H groups in total. The molecule has 0 saturated heterocycles. The van der Waals surface area contributed by atoms with Crippen LogP contribution in [0.1, 0.15) is 105 Å². The number of hydrogen-bond acceptors (Lipinski definition) is 0. The van der Waals surface area contributed by atoms with Gasteiger partial charge in [0, 0.05) is 8.95 Å². The normalized spacial score (nSPS) is 12.8. The fourth-order valence-corrected chi connectivity index (χ4v) is 9.08. The van der Waals surface area contributed by atoms with Gasteiger partial charge < -0.3 is 0 Å². The van der Waals surface area contributed by atoms with Crippen LogP contribution in [-0.2, 0) is 21.7 Å². The van der Waals surface area contributed by atoms with Gasteiger partial charge in [-0.25, -0.2) is 0 Å². The summed E-state index contributed by atoms with van der Waals surface area (Å²) in [6.45, 7) is 27.3. The maximum Gasteiger partial charge on any atom is 0.0333 e. The predicted octanol–water partition coefficient (Wildman–Crippen LogP) is 17.4. The molecule has 0 heterocycles. The fourth-order valence-electron chi connectivity index (χ4n) is 7.77. The molecule has 7 rings (SSSR count). The Hall–Kier alpha value is -3.98. The van der Waals surface area contributed by atoms with Crippen molar-refractivity contribution < 1.29 is 0 Å². The summed E-state index contributed by atoms with van der Waals surface area (Å²) in [5.41, 5.74) is 15.4. The SMILES string of the molecule is CC(C)(C)c1ccc(-c2cc3c(Br)c4cc(-c5ccc(C(C)(C)C)cc5)c(-c5ccc(C(C)(C)C)cc5)cc4c(Br)c3cc2-c2ccc(C(C)(C)C)cc2)cc1. The molecule has 0 spiro atoms. The van der Waals surface area contributed by atoms with Gasteiger partial charge in [0.1, 0.15) is 0 Å². The van der Waals surface area contributed by atoms with Gasteiger partial charge in [0.25, 0.3) is 0 Å². The summed E-state index contributed by atoms with van der Waals surface area (Å²) in [4.78, 5) is 0. The maximum absolute atomic E-state index is 4.21. The monoisotopic (exact) mass is 862 g/mol. The van der Waals surface area contributed by atoms with Gasteiger partial charge in [-0.2, -0.15) is 0 Å². The minimum Gasteiger partial charge on any atom is -0.0579 e. The molecule has 286 valence electrons. The Morgan fingerprint density at radius 1 is 0.268 bits per heavy atom. The average Bonchev–Trinajstić information content (AvgIpc) is 3.15. The highest BCUT2D eigenvalue weighted by Gasteiger charge is 2.22. The Morgan fingerprint density at radius 2 is 0.429 bits per heavy atom. The van der Waals surface area contributed by atoms with Crippen LogP contribution in [0.5, 0.6) is 0 Å². The van der Waals surface area contributed by atoms with Crippen molar-refractivity contribution in [3.8, 4) is 44.5 Å². The lowest BCUT2D eigenvalue weighted by molar-refractivity contribution is 0.590. The Kier molecular flexibility index (Phi) is 10.4. The van der Waals surface area contributed by atoms with Gasteiger partial charge in [0.05, 0.1) is 0 Å². The lowest BCUT2D eigenvalue weighted by Gasteiger charge is -2.22. The van der Waals surface area contributed by atoms with Crippen LogP contribution < -0.4 is 0 Å². The van der Waals surface area contributed by atoms with E-state index in [2.05, 4.69) is 236 Å². The zero-order valence-corrected chi connectivity index (χ0v) is 38.5. The van der Waals surface area contributed by atoms with E-state index < -0.39 is 0 Å². The lowest BCUT2D eigenvalue weighted by atomic mass is 9.83. The van der Waals surface area contributed by atoms with Crippen LogP contribution in [-0.4, -0.2) is 0 Å². The number of halogens is 2. The summed E-state index contributed by atoms with van der Waals surface area (Å²) >= 11 is 8.42. The molecule has 0 atom stereocenters. The van der Waals surface area contributed by atoms with E-state index in [0.717, 1.165) is 8.95 Å². The van der Waals surface area contributed by atoms with Crippen molar-refractivity contribution in [2.45, 2.75) is 105 Å². The van der Waals surface area contributed by atoms with Crippen LogP contribution in [0.25, 0.3) is 66.1 Å². The summed E-state index contributed by atoms with van der Waals surface area (Å²) in [5.74, 6) is 0. The second kappa shape index (κ2) is 14.4. The molecule has 56 heavy (non-hydrogen) atoms. The zero-order chi connectivity index (χ0) is 40.5. The average molecular weight is 865 g/mol. The molecule has 0 fully saturated rings. The van der Waals surface area contributed by atoms with E-state index in [0.29, 0.717) is 0 Å². The topological polar surface area (TPSA) is 0 Å². The quantitative estimate of drug-likeness (QED) is 0.155. The van der Waals surface area contributed by atoms with Crippen LogP contribution in [0.15, 0.2) is 130 Å². The van der Waals surface area contributed by atoms with E-state index in [4.69, 9.17) is 0 Å². The van der Waals surface area contributed by atoms with Gasteiger partial charge >= 0.3 is 0 Å². The Balaban J connectivity index is 1.51. The van der Waals surface area contributed by atoms with Crippen molar-refractivity contribution in [1.82, 2.24) is 0 Å². The van der Waals surface area contributed by atoms with E-state index in [9.17, 15) is 0 Å². The van der Waals surface area contributed by atoms with Crippen LogP contribution in [0.2, 0.25) is 0 Å². The van der Waals surface area contributed by atoms with Crippen LogP contribution in [0, 0.1) is 0 Å². The van der Waals surface area contributed by atoms with Gasteiger partial charge in [-0.3, -0.25) is 0 Å². The summed E-state index contributed by atoms with van der Waals surface area (Å²) in [7, 11) is 0. The highest BCUT2D eigenvalue weighted by atomic mass is 79.9. The first-order chi connectivity index (χ1) is 26.1. The largest absolute Gasteiger partial charge is 0.0579 e. The Labute approximate surface area is 353 Å². The van der Waals surface area contributed by atoms with E-state index >= 15 is 0 Å². The number of hydrogen-bond donors (Lipinski definition) is 0. The van der Waals surface area contributed by atoms with Crippen molar-refractivity contribution in [3.63, 3.8) is 0 Å². The third kappa shape index (κ3) is 7.81. The Morgan fingerprint density at radius 3 is 0.571 bits per heavy atom. The summed E-state index contributed by atoms with van der Waals surface area (Å²) in [6.07, 6.45) is 0. The van der Waals surface area contributed by atoms with Gasteiger partial charge in [0.15, 0.2) is 0 Å². The van der Waals surface area contributed by atoms with Crippen molar-refractivity contribution >= 4 is 53.4 Å². The molecular formula is C54H56Br2. The predicted molar refractivity (Wildman–Crippen MR) is 253 cm³/mol. The van der Waals surface area contributed by atoms with E-state index in [1.54, 1.807) is 0 Å². The molecule has 0 aromatic heterocycles.